The van der Waals surface area contributed by atoms with Gasteiger partial charge in [-0.3, -0.25) is 14.4 Å². The average molecular weight is 495 g/mol. The first kappa shape index (κ1) is 22.7. The number of hydrogen-bond donors (Lipinski definition) is 3. The second-order valence-corrected chi connectivity index (χ2v) is 7.35. The second kappa shape index (κ2) is 11.4. The lowest BCUT2D eigenvalue weighted by Crippen LogP contribution is -2.32. The molecule has 0 bridgehead atoms. The van der Waals surface area contributed by atoms with Crippen molar-refractivity contribution in [2.24, 2.45) is 5.10 Å². The van der Waals surface area contributed by atoms with Crippen molar-refractivity contribution in [3.05, 3.63) is 88.9 Å². The number of hydrogen-bond acceptors (Lipinski definition) is 5. The van der Waals surface area contributed by atoms with Gasteiger partial charge in [-0.15, -0.1) is 0 Å². The quantitative estimate of drug-likeness (QED) is 0.265. The van der Waals surface area contributed by atoms with Crippen LogP contribution in [-0.4, -0.2) is 30.5 Å². The molecule has 0 aliphatic heterocycles. The third-order valence-corrected chi connectivity index (χ3v) is 4.52. The summed E-state index contributed by atoms with van der Waals surface area (Å²) in [5.74, 6) is -1.50. The zero-order chi connectivity index (χ0) is 22.8. The summed E-state index contributed by atoms with van der Waals surface area (Å²) in [5.41, 5.74) is 4.02. The fourth-order valence-electron chi connectivity index (χ4n) is 2.45. The molecule has 32 heavy (non-hydrogen) atoms. The van der Waals surface area contributed by atoms with Gasteiger partial charge < -0.3 is 15.4 Å². The van der Waals surface area contributed by atoms with Crippen LogP contribution in [0.15, 0.2) is 88.4 Å². The summed E-state index contributed by atoms with van der Waals surface area (Å²) in [7, 11) is 0. The maximum atomic E-state index is 11.9. The van der Waals surface area contributed by atoms with Gasteiger partial charge in [0.1, 0.15) is 5.75 Å². The van der Waals surface area contributed by atoms with E-state index in [4.69, 9.17) is 4.74 Å². The lowest BCUT2D eigenvalue weighted by molar-refractivity contribution is -0.136. The number of halogens is 1. The average Bonchev–Trinajstić information content (AvgIpc) is 2.80. The highest BCUT2D eigenvalue weighted by molar-refractivity contribution is 9.10. The van der Waals surface area contributed by atoms with Crippen molar-refractivity contribution in [3.8, 4) is 5.75 Å². The molecular weight excluding hydrogens is 476 g/mol. The van der Waals surface area contributed by atoms with Crippen LogP contribution >= 0.6 is 15.9 Å². The highest BCUT2D eigenvalue weighted by atomic mass is 79.9. The maximum Gasteiger partial charge on any atom is 0.329 e. The summed E-state index contributed by atoms with van der Waals surface area (Å²) in [6.07, 6.45) is 1.39. The molecule has 3 aromatic carbocycles. The molecule has 162 valence electrons. The van der Waals surface area contributed by atoms with E-state index in [1.54, 1.807) is 60.7 Å². The highest BCUT2D eigenvalue weighted by Gasteiger charge is 2.12. The lowest BCUT2D eigenvalue weighted by atomic mass is 10.2. The summed E-state index contributed by atoms with van der Waals surface area (Å²) >= 11 is 3.29. The van der Waals surface area contributed by atoms with Crippen LogP contribution in [0.5, 0.6) is 5.75 Å². The zero-order valence-electron chi connectivity index (χ0n) is 16.7. The van der Waals surface area contributed by atoms with Gasteiger partial charge in [-0.1, -0.05) is 34.1 Å². The van der Waals surface area contributed by atoms with Crippen LogP contribution in [0.3, 0.4) is 0 Å². The summed E-state index contributed by atoms with van der Waals surface area (Å²) in [6.45, 7) is -0.133. The molecule has 0 saturated carbocycles. The van der Waals surface area contributed by atoms with E-state index in [0.717, 1.165) is 4.47 Å². The maximum absolute atomic E-state index is 11.9. The Labute approximate surface area is 192 Å². The largest absolute Gasteiger partial charge is 0.484 e. The Kier molecular flexibility index (Phi) is 8.10. The molecule has 3 amide bonds. The van der Waals surface area contributed by atoms with Crippen molar-refractivity contribution >= 4 is 51.2 Å². The van der Waals surface area contributed by atoms with Crippen LogP contribution in [0.25, 0.3) is 0 Å². The molecule has 8 nitrogen and oxygen atoms in total. The number of ether oxygens (including phenoxy) is 1. The minimum Gasteiger partial charge on any atom is -0.484 e. The first-order valence-corrected chi connectivity index (χ1v) is 10.3. The number of benzene rings is 3. The van der Waals surface area contributed by atoms with E-state index < -0.39 is 11.8 Å². The van der Waals surface area contributed by atoms with Gasteiger partial charge in [0, 0.05) is 15.8 Å². The minimum atomic E-state index is -0.895. The Morgan fingerprint density at radius 1 is 0.812 bits per heavy atom. The van der Waals surface area contributed by atoms with E-state index in [1.165, 1.54) is 6.21 Å². The normalized spacial score (nSPS) is 10.4. The predicted octanol–water partition coefficient (Wildman–Crippen LogP) is 3.56. The summed E-state index contributed by atoms with van der Waals surface area (Å²) in [5, 5.41) is 8.97. The van der Waals surface area contributed by atoms with Gasteiger partial charge in [0.2, 0.25) is 0 Å². The van der Waals surface area contributed by atoms with E-state index in [0.29, 0.717) is 22.7 Å². The molecular formula is C23H19BrN4O4. The number of carbonyl (C=O) groups is 3. The third-order valence-electron chi connectivity index (χ3n) is 4.00. The standard InChI is InChI=1S/C23H19BrN4O4/c24-17-8-10-19(11-9-17)27-22(30)23(31)28-25-14-16-6-12-20(13-7-16)32-15-21(29)26-18-4-2-1-3-5-18/h1-14H,15H2,(H,26,29)(H,27,30)(H,28,31)/b25-14-. The Bertz CT molecular complexity index is 1100. The second-order valence-electron chi connectivity index (χ2n) is 6.43. The fourth-order valence-corrected chi connectivity index (χ4v) is 2.72. The number of rotatable bonds is 7. The number of nitrogens with zero attached hydrogens (tertiary/aromatic N) is 1. The minimum absolute atomic E-state index is 0.133. The molecule has 0 spiro atoms. The molecule has 3 N–H and O–H groups in total. The van der Waals surface area contributed by atoms with E-state index in [2.05, 4.69) is 37.1 Å². The number of para-hydroxylation sites is 1. The van der Waals surface area contributed by atoms with Crippen LogP contribution in [0.4, 0.5) is 11.4 Å². The Hall–Kier alpha value is -3.98. The van der Waals surface area contributed by atoms with Gasteiger partial charge in [-0.2, -0.15) is 5.10 Å². The number of hydrazone groups is 1. The number of amides is 3. The molecule has 9 heteroatoms. The topological polar surface area (TPSA) is 109 Å². The Morgan fingerprint density at radius 3 is 2.16 bits per heavy atom. The molecule has 0 atom stereocenters. The highest BCUT2D eigenvalue weighted by Crippen LogP contribution is 2.14. The van der Waals surface area contributed by atoms with Crippen molar-refractivity contribution < 1.29 is 19.1 Å². The molecule has 0 aromatic heterocycles. The van der Waals surface area contributed by atoms with Crippen molar-refractivity contribution in [1.29, 1.82) is 0 Å². The monoisotopic (exact) mass is 494 g/mol. The van der Waals surface area contributed by atoms with Gasteiger partial charge in [0.05, 0.1) is 6.21 Å². The van der Waals surface area contributed by atoms with Crippen LogP contribution in [-0.2, 0) is 14.4 Å². The Balaban J connectivity index is 1.42. The van der Waals surface area contributed by atoms with Crippen molar-refractivity contribution in [3.63, 3.8) is 0 Å². The van der Waals surface area contributed by atoms with Crippen molar-refractivity contribution in [2.75, 3.05) is 17.2 Å². The van der Waals surface area contributed by atoms with Gasteiger partial charge in [0.15, 0.2) is 6.61 Å². The van der Waals surface area contributed by atoms with Gasteiger partial charge in [-0.05, 0) is 66.2 Å². The summed E-state index contributed by atoms with van der Waals surface area (Å²) in [4.78, 5) is 35.6. The first-order chi connectivity index (χ1) is 15.5. The third kappa shape index (κ3) is 7.37. The number of nitrogens with one attached hydrogen (secondary N) is 3. The fraction of sp³-hybridized carbons (Fsp3) is 0.0435. The Morgan fingerprint density at radius 2 is 1.47 bits per heavy atom. The molecule has 0 saturated heterocycles. The predicted molar refractivity (Wildman–Crippen MR) is 126 cm³/mol. The molecule has 0 radical (unpaired) electrons. The van der Waals surface area contributed by atoms with Gasteiger partial charge in [-0.25, -0.2) is 5.43 Å². The molecule has 0 heterocycles. The first-order valence-electron chi connectivity index (χ1n) is 9.47. The molecule has 0 unspecified atom stereocenters. The van der Waals surface area contributed by atoms with Crippen LogP contribution in [0.1, 0.15) is 5.56 Å². The van der Waals surface area contributed by atoms with Gasteiger partial charge >= 0.3 is 11.8 Å². The van der Waals surface area contributed by atoms with E-state index >= 15 is 0 Å². The van der Waals surface area contributed by atoms with E-state index in [-0.39, 0.29) is 12.5 Å². The summed E-state index contributed by atoms with van der Waals surface area (Å²) in [6, 6.07) is 22.6. The van der Waals surface area contributed by atoms with Crippen molar-refractivity contribution in [1.82, 2.24) is 5.43 Å². The van der Waals surface area contributed by atoms with Crippen LogP contribution in [0, 0.1) is 0 Å². The molecule has 3 rings (SSSR count). The molecule has 0 fully saturated rings. The van der Waals surface area contributed by atoms with Crippen LogP contribution < -0.4 is 20.8 Å². The lowest BCUT2D eigenvalue weighted by Gasteiger charge is -2.07. The van der Waals surface area contributed by atoms with Crippen LogP contribution in [0.2, 0.25) is 0 Å². The molecule has 0 aliphatic carbocycles. The molecule has 3 aromatic rings. The number of anilines is 2. The van der Waals surface area contributed by atoms with E-state index in [1.807, 2.05) is 18.2 Å². The van der Waals surface area contributed by atoms with E-state index in [9.17, 15) is 14.4 Å². The van der Waals surface area contributed by atoms with Gasteiger partial charge in [0.25, 0.3) is 5.91 Å². The molecule has 0 aliphatic rings. The smallest absolute Gasteiger partial charge is 0.329 e. The zero-order valence-corrected chi connectivity index (χ0v) is 18.3. The summed E-state index contributed by atoms with van der Waals surface area (Å²) < 4.78 is 6.31. The van der Waals surface area contributed by atoms with Crippen molar-refractivity contribution in [2.45, 2.75) is 0 Å². The SMILES string of the molecule is O=C(COc1ccc(/C=N\NC(=O)C(=O)Nc2ccc(Br)cc2)cc1)Nc1ccccc1. The number of carbonyl (C=O) groups excluding carboxylic acids is 3.